The van der Waals surface area contributed by atoms with Crippen LogP contribution in [0.2, 0.25) is 0 Å². The minimum Gasteiger partial charge on any atom is -0.392 e. The molecular weight excluding hydrogens is 276 g/mol. The molecule has 0 spiro atoms. The number of hydrogen-bond donors (Lipinski definition) is 1. The second-order valence-corrected chi connectivity index (χ2v) is 7.14. The molecule has 1 rings (SSSR count). The zero-order chi connectivity index (χ0) is 15.3. The van der Waals surface area contributed by atoms with Crippen LogP contribution in [0, 0.1) is 6.92 Å². The molecule has 120 valence electrons. The van der Waals surface area contributed by atoms with Crippen LogP contribution < -0.4 is 0 Å². The monoisotopic (exact) mass is 308 g/mol. The van der Waals surface area contributed by atoms with Gasteiger partial charge in [0.15, 0.2) is 0 Å². The zero-order valence-corrected chi connectivity index (χ0v) is 14.6. The third-order valence-electron chi connectivity index (χ3n) is 3.82. The van der Waals surface area contributed by atoms with Crippen molar-refractivity contribution in [2.75, 3.05) is 5.75 Å². The first kappa shape index (κ1) is 18.6. The highest BCUT2D eigenvalue weighted by atomic mass is 32.2. The van der Waals surface area contributed by atoms with Gasteiger partial charge < -0.3 is 5.11 Å². The van der Waals surface area contributed by atoms with Crippen molar-refractivity contribution in [3.8, 4) is 0 Å². The van der Waals surface area contributed by atoms with Crippen LogP contribution in [0.15, 0.2) is 29.2 Å². The summed E-state index contributed by atoms with van der Waals surface area (Å²) in [5, 5.41) is 10.0. The maximum Gasteiger partial charge on any atom is 0.0634 e. The van der Waals surface area contributed by atoms with E-state index in [9.17, 15) is 5.11 Å². The topological polar surface area (TPSA) is 20.2 Å². The molecule has 1 aromatic rings. The van der Waals surface area contributed by atoms with E-state index in [0.29, 0.717) is 0 Å². The van der Waals surface area contributed by atoms with Crippen LogP contribution in [0.1, 0.15) is 70.3 Å². The second kappa shape index (κ2) is 12.1. The molecule has 21 heavy (non-hydrogen) atoms. The Morgan fingerprint density at radius 3 is 2.33 bits per heavy atom. The van der Waals surface area contributed by atoms with Crippen molar-refractivity contribution in [2.45, 2.75) is 82.6 Å². The molecule has 2 heteroatoms. The Morgan fingerprint density at radius 1 is 1.00 bits per heavy atom. The number of benzene rings is 1. The normalized spacial score (nSPS) is 12.5. The molecular formula is C19H32OS. The van der Waals surface area contributed by atoms with Crippen LogP contribution in [0.5, 0.6) is 0 Å². The number of unbranched alkanes of at least 4 members (excludes halogenated alkanes) is 7. The molecule has 0 aliphatic carbocycles. The molecule has 0 aliphatic rings. The van der Waals surface area contributed by atoms with Crippen LogP contribution in [0.3, 0.4) is 0 Å². The highest BCUT2D eigenvalue weighted by Crippen LogP contribution is 2.21. The van der Waals surface area contributed by atoms with Crippen molar-refractivity contribution in [3.05, 3.63) is 29.8 Å². The molecule has 1 unspecified atom stereocenters. The first-order chi connectivity index (χ1) is 10.2. The Labute approximate surface area is 135 Å². The number of rotatable bonds is 12. The smallest absolute Gasteiger partial charge is 0.0634 e. The highest BCUT2D eigenvalue weighted by molar-refractivity contribution is 7.99. The number of aliphatic hydroxyl groups is 1. The summed E-state index contributed by atoms with van der Waals surface area (Å²) in [7, 11) is 0. The van der Waals surface area contributed by atoms with Crippen LogP contribution in [0.4, 0.5) is 0 Å². The van der Waals surface area contributed by atoms with Crippen LogP contribution >= 0.6 is 11.8 Å². The van der Waals surface area contributed by atoms with Gasteiger partial charge in [-0.3, -0.25) is 0 Å². The fourth-order valence-electron chi connectivity index (χ4n) is 2.49. The summed E-state index contributed by atoms with van der Waals surface area (Å²) in [6.07, 6.45) is 11.4. The fraction of sp³-hybridized carbons (Fsp3) is 0.684. The van der Waals surface area contributed by atoms with Gasteiger partial charge in [-0.1, -0.05) is 76.0 Å². The summed E-state index contributed by atoms with van der Waals surface area (Å²) in [4.78, 5) is 1.27. The molecule has 0 radical (unpaired) electrons. The second-order valence-electron chi connectivity index (χ2n) is 6.04. The lowest BCUT2D eigenvalue weighted by Crippen LogP contribution is -2.09. The summed E-state index contributed by atoms with van der Waals surface area (Å²) >= 11 is 1.77. The Balaban J connectivity index is 1.97. The summed E-state index contributed by atoms with van der Waals surface area (Å²) < 4.78 is 0. The van der Waals surface area contributed by atoms with E-state index in [-0.39, 0.29) is 6.10 Å². The molecule has 0 saturated carbocycles. The Hall–Kier alpha value is -0.470. The minimum atomic E-state index is -0.157. The van der Waals surface area contributed by atoms with Crippen molar-refractivity contribution in [1.82, 2.24) is 0 Å². The van der Waals surface area contributed by atoms with Gasteiger partial charge in [0, 0.05) is 10.6 Å². The van der Waals surface area contributed by atoms with Gasteiger partial charge in [0.2, 0.25) is 0 Å². The average molecular weight is 309 g/mol. The van der Waals surface area contributed by atoms with Gasteiger partial charge in [0.1, 0.15) is 0 Å². The minimum absolute atomic E-state index is 0.157. The van der Waals surface area contributed by atoms with E-state index in [1.165, 1.54) is 61.8 Å². The maximum absolute atomic E-state index is 10.0. The van der Waals surface area contributed by atoms with E-state index in [4.69, 9.17) is 0 Å². The highest BCUT2D eigenvalue weighted by Gasteiger charge is 2.05. The number of hydrogen-bond acceptors (Lipinski definition) is 2. The first-order valence-electron chi connectivity index (χ1n) is 8.60. The largest absolute Gasteiger partial charge is 0.392 e. The molecule has 1 nitrogen and oxygen atoms in total. The molecule has 1 aromatic carbocycles. The lowest BCUT2D eigenvalue weighted by molar-refractivity contribution is 0.185. The van der Waals surface area contributed by atoms with Gasteiger partial charge in [0.05, 0.1) is 6.10 Å². The third-order valence-corrected chi connectivity index (χ3v) is 4.96. The lowest BCUT2D eigenvalue weighted by Gasteiger charge is -2.10. The van der Waals surface area contributed by atoms with Crippen molar-refractivity contribution < 1.29 is 5.11 Å². The molecule has 1 atom stereocenters. The first-order valence-corrected chi connectivity index (χ1v) is 9.58. The molecule has 0 heterocycles. The van der Waals surface area contributed by atoms with Gasteiger partial charge in [-0.2, -0.15) is 0 Å². The van der Waals surface area contributed by atoms with Crippen molar-refractivity contribution in [3.63, 3.8) is 0 Å². The van der Waals surface area contributed by atoms with E-state index in [2.05, 4.69) is 38.1 Å². The maximum atomic E-state index is 10.0. The van der Waals surface area contributed by atoms with Crippen LogP contribution in [-0.2, 0) is 0 Å². The summed E-state index contributed by atoms with van der Waals surface area (Å²) in [5.74, 6) is 0.819. The van der Waals surface area contributed by atoms with E-state index in [0.717, 1.165) is 12.2 Å². The predicted octanol–water partition coefficient (Wildman–Crippen LogP) is 5.98. The van der Waals surface area contributed by atoms with Crippen molar-refractivity contribution in [2.24, 2.45) is 0 Å². The Bertz CT molecular complexity index is 364. The third kappa shape index (κ3) is 9.97. The summed E-state index contributed by atoms with van der Waals surface area (Å²) in [6.45, 7) is 4.37. The Morgan fingerprint density at radius 2 is 1.67 bits per heavy atom. The van der Waals surface area contributed by atoms with Gasteiger partial charge in [-0.15, -0.1) is 11.8 Å². The molecule has 0 amide bonds. The zero-order valence-electron chi connectivity index (χ0n) is 13.8. The van der Waals surface area contributed by atoms with Crippen LogP contribution in [0.25, 0.3) is 0 Å². The molecule has 1 N–H and O–H groups in total. The molecule has 0 saturated heterocycles. The van der Waals surface area contributed by atoms with E-state index >= 15 is 0 Å². The van der Waals surface area contributed by atoms with Gasteiger partial charge in [-0.05, 0) is 25.5 Å². The molecule has 0 bridgehead atoms. The molecule has 0 aliphatic heterocycles. The quantitative estimate of drug-likeness (QED) is 0.378. The molecule has 0 aromatic heterocycles. The summed E-state index contributed by atoms with van der Waals surface area (Å²) in [5.41, 5.74) is 1.29. The van der Waals surface area contributed by atoms with Gasteiger partial charge in [0.25, 0.3) is 0 Å². The van der Waals surface area contributed by atoms with E-state index in [1.807, 2.05) is 0 Å². The van der Waals surface area contributed by atoms with E-state index < -0.39 is 0 Å². The van der Waals surface area contributed by atoms with Crippen LogP contribution in [-0.4, -0.2) is 17.0 Å². The SMILES string of the molecule is CCCCCCCCCCC(O)CSc1cccc(C)c1. The van der Waals surface area contributed by atoms with E-state index in [1.54, 1.807) is 11.8 Å². The summed E-state index contributed by atoms with van der Waals surface area (Å²) in [6, 6.07) is 8.51. The number of aliphatic hydroxyl groups excluding tert-OH is 1. The average Bonchev–Trinajstić information content (AvgIpc) is 2.48. The molecule has 0 fully saturated rings. The van der Waals surface area contributed by atoms with Crippen molar-refractivity contribution >= 4 is 11.8 Å². The number of aryl methyl sites for hydroxylation is 1. The predicted molar refractivity (Wildman–Crippen MR) is 95.1 cm³/mol. The standard InChI is InChI=1S/C19H32OS/c1-3-4-5-6-7-8-9-10-13-18(20)16-21-19-14-11-12-17(2)15-19/h11-12,14-15,18,20H,3-10,13,16H2,1-2H3. The van der Waals surface area contributed by atoms with Gasteiger partial charge >= 0.3 is 0 Å². The van der Waals surface area contributed by atoms with Gasteiger partial charge in [-0.25, -0.2) is 0 Å². The van der Waals surface area contributed by atoms with Crippen molar-refractivity contribution in [1.29, 1.82) is 0 Å². The Kier molecular flexibility index (Phi) is 10.7. The lowest BCUT2D eigenvalue weighted by atomic mass is 10.1. The fourth-order valence-corrected chi connectivity index (χ4v) is 3.49. The number of thioether (sulfide) groups is 1.